The van der Waals surface area contributed by atoms with Gasteiger partial charge in [-0.1, -0.05) is 12.5 Å². The van der Waals surface area contributed by atoms with Crippen LogP contribution in [0.25, 0.3) is 0 Å². The molecule has 1 heterocycles. The molecule has 19 heavy (non-hydrogen) atoms. The van der Waals surface area contributed by atoms with Crippen LogP contribution in [0.1, 0.15) is 31.2 Å². The van der Waals surface area contributed by atoms with Gasteiger partial charge in [-0.3, -0.25) is 4.90 Å². The van der Waals surface area contributed by atoms with Gasteiger partial charge in [0.05, 0.1) is 4.47 Å². The smallest absolute Gasteiger partial charge is 0.137 e. The summed E-state index contributed by atoms with van der Waals surface area (Å²) in [5, 5.41) is 0. The summed E-state index contributed by atoms with van der Waals surface area (Å²) in [6, 6.07) is 5.87. The lowest BCUT2D eigenvalue weighted by molar-refractivity contribution is 0.134. The molecule has 2 rings (SSSR count). The number of likely N-dealkylation sites (tertiary alicyclic amines) is 1. The van der Waals surface area contributed by atoms with E-state index in [1.54, 1.807) is 0 Å². The van der Waals surface area contributed by atoms with Crippen molar-refractivity contribution in [2.45, 2.75) is 38.3 Å². The normalized spacial score (nSPS) is 20.1. The van der Waals surface area contributed by atoms with Gasteiger partial charge in [0, 0.05) is 12.6 Å². The molecule has 1 atom stereocenters. The Hall–Kier alpha value is -0.160. The molecule has 1 unspecified atom stereocenters. The van der Waals surface area contributed by atoms with Gasteiger partial charge in [-0.25, -0.2) is 4.39 Å². The highest BCUT2D eigenvalue weighted by Gasteiger charge is 2.21. The summed E-state index contributed by atoms with van der Waals surface area (Å²) in [5.74, 6) is -0.198. The van der Waals surface area contributed by atoms with Crippen LogP contribution < -0.4 is 5.73 Å². The first-order valence-electron chi connectivity index (χ1n) is 6.58. The van der Waals surface area contributed by atoms with E-state index in [0.29, 0.717) is 10.5 Å². The summed E-state index contributed by atoms with van der Waals surface area (Å²) in [6.07, 6.45) is 4.85. The number of piperidine rings is 1. The molecule has 2 nitrogen and oxygen atoms in total. The average Bonchev–Trinajstić information content (AvgIpc) is 2.37. The van der Waals surface area contributed by atoms with Crippen LogP contribution in [-0.2, 0) is 6.54 Å². The minimum Gasteiger partial charge on any atom is -0.330 e. The van der Waals surface area contributed by atoms with E-state index < -0.39 is 0 Å². The van der Waals surface area contributed by atoms with Crippen LogP contribution in [0.2, 0.25) is 0 Å². The minimum atomic E-state index is -0.198. The minimum absolute atomic E-state index is 0. The lowest BCUT2D eigenvalue weighted by Gasteiger charge is -2.35. The van der Waals surface area contributed by atoms with Crippen LogP contribution in [0.5, 0.6) is 0 Å². The van der Waals surface area contributed by atoms with Crippen molar-refractivity contribution >= 4 is 28.3 Å². The lowest BCUT2D eigenvalue weighted by Crippen LogP contribution is -2.40. The second-order valence-corrected chi connectivity index (χ2v) is 5.80. The van der Waals surface area contributed by atoms with E-state index in [-0.39, 0.29) is 18.2 Å². The molecule has 1 saturated heterocycles. The molecule has 1 aliphatic heterocycles. The number of benzene rings is 1. The van der Waals surface area contributed by atoms with Gasteiger partial charge in [-0.15, -0.1) is 12.4 Å². The van der Waals surface area contributed by atoms with Gasteiger partial charge in [0.25, 0.3) is 0 Å². The van der Waals surface area contributed by atoms with Crippen LogP contribution in [-0.4, -0.2) is 24.0 Å². The average molecular weight is 352 g/mol. The Morgan fingerprint density at radius 2 is 2.16 bits per heavy atom. The predicted octanol–water partition coefficient (Wildman–Crippen LogP) is 3.71. The number of nitrogens with two attached hydrogens (primary N) is 1. The zero-order chi connectivity index (χ0) is 13.0. The molecule has 0 bridgehead atoms. The Labute approximate surface area is 129 Å². The molecular formula is C14H21BrClFN2. The second-order valence-electron chi connectivity index (χ2n) is 4.95. The summed E-state index contributed by atoms with van der Waals surface area (Å²) >= 11 is 3.24. The number of halogens is 3. The summed E-state index contributed by atoms with van der Waals surface area (Å²) < 4.78 is 13.7. The highest BCUT2D eigenvalue weighted by Crippen LogP contribution is 2.23. The summed E-state index contributed by atoms with van der Waals surface area (Å²) in [5.41, 5.74) is 6.83. The van der Waals surface area contributed by atoms with Crippen molar-refractivity contribution in [1.82, 2.24) is 4.90 Å². The van der Waals surface area contributed by atoms with E-state index in [0.717, 1.165) is 31.6 Å². The van der Waals surface area contributed by atoms with Gasteiger partial charge < -0.3 is 5.73 Å². The van der Waals surface area contributed by atoms with E-state index in [9.17, 15) is 4.39 Å². The number of nitrogens with zero attached hydrogens (tertiary/aromatic N) is 1. The van der Waals surface area contributed by atoms with Crippen molar-refractivity contribution in [3.63, 3.8) is 0 Å². The van der Waals surface area contributed by atoms with E-state index >= 15 is 0 Å². The number of hydrogen-bond donors (Lipinski definition) is 1. The Morgan fingerprint density at radius 1 is 1.37 bits per heavy atom. The third-order valence-electron chi connectivity index (χ3n) is 3.62. The highest BCUT2D eigenvalue weighted by atomic mass is 79.9. The van der Waals surface area contributed by atoms with Crippen LogP contribution in [0.4, 0.5) is 4.39 Å². The van der Waals surface area contributed by atoms with Crippen molar-refractivity contribution in [3.8, 4) is 0 Å². The summed E-state index contributed by atoms with van der Waals surface area (Å²) in [4.78, 5) is 2.48. The molecule has 108 valence electrons. The van der Waals surface area contributed by atoms with Crippen molar-refractivity contribution < 1.29 is 4.39 Å². The maximum atomic E-state index is 13.2. The first kappa shape index (κ1) is 16.9. The van der Waals surface area contributed by atoms with Gasteiger partial charge in [0.2, 0.25) is 0 Å². The van der Waals surface area contributed by atoms with Crippen LogP contribution in [0.3, 0.4) is 0 Å². The SMILES string of the molecule is Cl.NCCC1CCCCN1Cc1ccc(F)c(Br)c1. The summed E-state index contributed by atoms with van der Waals surface area (Å²) in [7, 11) is 0. The first-order chi connectivity index (χ1) is 8.70. The number of hydrogen-bond acceptors (Lipinski definition) is 2. The van der Waals surface area contributed by atoms with Gasteiger partial charge in [-0.2, -0.15) is 0 Å². The van der Waals surface area contributed by atoms with Crippen molar-refractivity contribution in [3.05, 3.63) is 34.1 Å². The topological polar surface area (TPSA) is 29.3 Å². The molecule has 0 aliphatic carbocycles. The number of rotatable bonds is 4. The molecule has 2 N–H and O–H groups in total. The quantitative estimate of drug-likeness (QED) is 0.896. The van der Waals surface area contributed by atoms with Crippen LogP contribution in [0, 0.1) is 5.82 Å². The molecule has 1 fully saturated rings. The molecule has 1 aromatic carbocycles. The maximum Gasteiger partial charge on any atom is 0.137 e. The highest BCUT2D eigenvalue weighted by molar-refractivity contribution is 9.10. The van der Waals surface area contributed by atoms with E-state index in [1.165, 1.54) is 25.3 Å². The fourth-order valence-corrected chi connectivity index (χ4v) is 3.09. The van der Waals surface area contributed by atoms with Gasteiger partial charge >= 0.3 is 0 Å². The molecule has 0 amide bonds. The lowest BCUT2D eigenvalue weighted by atomic mass is 9.98. The van der Waals surface area contributed by atoms with Crippen LogP contribution >= 0.6 is 28.3 Å². The van der Waals surface area contributed by atoms with E-state index in [1.807, 2.05) is 12.1 Å². The largest absolute Gasteiger partial charge is 0.330 e. The third-order valence-corrected chi connectivity index (χ3v) is 4.23. The molecular weight excluding hydrogens is 331 g/mol. The Kier molecular flexibility index (Phi) is 7.29. The molecule has 0 saturated carbocycles. The Bertz CT molecular complexity index is 401. The van der Waals surface area contributed by atoms with Gasteiger partial charge in [0.1, 0.15) is 5.82 Å². The summed E-state index contributed by atoms with van der Waals surface area (Å²) in [6.45, 7) is 2.76. The zero-order valence-electron chi connectivity index (χ0n) is 10.9. The van der Waals surface area contributed by atoms with E-state index in [2.05, 4.69) is 20.8 Å². The third kappa shape index (κ3) is 4.71. The monoisotopic (exact) mass is 350 g/mol. The molecule has 1 aromatic rings. The Morgan fingerprint density at radius 3 is 2.84 bits per heavy atom. The second kappa shape index (κ2) is 8.20. The zero-order valence-corrected chi connectivity index (χ0v) is 13.4. The molecule has 0 spiro atoms. The van der Waals surface area contributed by atoms with Gasteiger partial charge in [0.15, 0.2) is 0 Å². The Balaban J connectivity index is 0.00000180. The van der Waals surface area contributed by atoms with Crippen molar-refractivity contribution in [2.24, 2.45) is 5.73 Å². The maximum absolute atomic E-state index is 13.2. The predicted molar refractivity (Wildman–Crippen MR) is 83.1 cm³/mol. The fourth-order valence-electron chi connectivity index (χ4n) is 2.66. The molecule has 1 aliphatic rings. The van der Waals surface area contributed by atoms with Gasteiger partial charge in [-0.05, 0) is 66.0 Å². The molecule has 0 radical (unpaired) electrons. The molecule has 0 aromatic heterocycles. The molecule has 5 heteroatoms. The van der Waals surface area contributed by atoms with Crippen molar-refractivity contribution in [2.75, 3.05) is 13.1 Å². The van der Waals surface area contributed by atoms with Crippen LogP contribution in [0.15, 0.2) is 22.7 Å². The van der Waals surface area contributed by atoms with Crippen molar-refractivity contribution in [1.29, 1.82) is 0 Å². The first-order valence-corrected chi connectivity index (χ1v) is 7.38. The van der Waals surface area contributed by atoms with E-state index in [4.69, 9.17) is 5.73 Å². The standard InChI is InChI=1S/C14H20BrFN2.ClH/c15-13-9-11(4-5-14(13)16)10-18-8-2-1-3-12(18)6-7-17;/h4-5,9,12H,1-3,6-8,10,17H2;1H. The fraction of sp³-hybridized carbons (Fsp3) is 0.571.